The van der Waals surface area contributed by atoms with Crippen molar-refractivity contribution in [2.75, 3.05) is 0 Å². The SMILES string of the molecule is C=NN/C=C1/CCC(C)CCCC1C. The summed E-state index contributed by atoms with van der Waals surface area (Å²) in [6, 6.07) is 0. The third-order valence-electron chi connectivity index (χ3n) is 3.23. The molecule has 0 aliphatic heterocycles. The molecule has 1 rings (SSSR count). The molecule has 0 aromatic carbocycles. The van der Waals surface area contributed by atoms with Gasteiger partial charge in [-0.15, -0.1) is 0 Å². The van der Waals surface area contributed by atoms with Crippen LogP contribution in [0, 0.1) is 11.8 Å². The normalized spacial score (nSPS) is 32.0. The summed E-state index contributed by atoms with van der Waals surface area (Å²) in [6.45, 7) is 8.09. The lowest BCUT2D eigenvalue weighted by atomic mass is 9.84. The monoisotopic (exact) mass is 194 g/mol. The molecule has 0 bridgehead atoms. The van der Waals surface area contributed by atoms with Crippen molar-refractivity contribution >= 4 is 6.72 Å². The molecule has 0 saturated heterocycles. The van der Waals surface area contributed by atoms with Crippen LogP contribution in [0.4, 0.5) is 0 Å². The van der Waals surface area contributed by atoms with Crippen molar-refractivity contribution in [2.45, 2.75) is 46.0 Å². The third kappa shape index (κ3) is 3.52. The number of nitrogens with zero attached hydrogens (tertiary/aromatic N) is 1. The fourth-order valence-electron chi connectivity index (χ4n) is 2.10. The Morgan fingerprint density at radius 1 is 1.36 bits per heavy atom. The first kappa shape index (κ1) is 11.3. The first-order valence-corrected chi connectivity index (χ1v) is 5.64. The minimum atomic E-state index is 0.705. The molecule has 1 N–H and O–H groups in total. The summed E-state index contributed by atoms with van der Waals surface area (Å²) in [7, 11) is 0. The fourth-order valence-corrected chi connectivity index (χ4v) is 2.10. The predicted octanol–water partition coefficient (Wildman–Crippen LogP) is 3.31. The second kappa shape index (κ2) is 5.84. The van der Waals surface area contributed by atoms with Crippen LogP contribution in [-0.4, -0.2) is 6.72 Å². The standard InChI is InChI=1S/C12H22N2/c1-10-5-4-6-11(2)12(8-7-10)9-14-13-3/h9-11,14H,3-8H2,1-2H3/b12-9-. The minimum absolute atomic E-state index is 0.705. The number of nitrogens with one attached hydrogen (secondary N) is 1. The molecule has 0 aromatic rings. The minimum Gasteiger partial charge on any atom is -0.286 e. The summed E-state index contributed by atoms with van der Waals surface area (Å²) in [6.07, 6.45) is 8.64. The van der Waals surface area contributed by atoms with Gasteiger partial charge in [-0.05, 0) is 36.7 Å². The Morgan fingerprint density at radius 2 is 2.14 bits per heavy atom. The molecule has 2 heteroatoms. The predicted molar refractivity (Wildman–Crippen MR) is 62.2 cm³/mol. The van der Waals surface area contributed by atoms with Crippen LogP contribution in [0.25, 0.3) is 0 Å². The highest BCUT2D eigenvalue weighted by Crippen LogP contribution is 2.29. The maximum absolute atomic E-state index is 3.66. The molecule has 0 radical (unpaired) electrons. The lowest BCUT2D eigenvalue weighted by Crippen LogP contribution is -2.10. The van der Waals surface area contributed by atoms with Crippen molar-refractivity contribution in [3.63, 3.8) is 0 Å². The Balaban J connectivity index is 2.55. The summed E-state index contributed by atoms with van der Waals surface area (Å²) >= 11 is 0. The number of hydrogen-bond donors (Lipinski definition) is 1. The molecule has 0 aromatic heterocycles. The summed E-state index contributed by atoms with van der Waals surface area (Å²) in [5.74, 6) is 1.58. The number of hydrogen-bond acceptors (Lipinski definition) is 2. The zero-order valence-corrected chi connectivity index (χ0v) is 9.42. The van der Waals surface area contributed by atoms with Gasteiger partial charge in [0, 0.05) is 12.9 Å². The summed E-state index contributed by atoms with van der Waals surface area (Å²) < 4.78 is 0. The van der Waals surface area contributed by atoms with E-state index in [9.17, 15) is 0 Å². The fraction of sp³-hybridized carbons (Fsp3) is 0.750. The highest BCUT2D eigenvalue weighted by molar-refractivity contribution is 5.22. The van der Waals surface area contributed by atoms with Gasteiger partial charge in [-0.2, -0.15) is 5.10 Å². The molecule has 14 heavy (non-hydrogen) atoms. The quantitative estimate of drug-likeness (QED) is 0.529. The second-order valence-corrected chi connectivity index (χ2v) is 4.48. The lowest BCUT2D eigenvalue weighted by Gasteiger charge is -2.22. The van der Waals surface area contributed by atoms with Gasteiger partial charge in [-0.3, -0.25) is 5.43 Å². The molecule has 80 valence electrons. The molecular weight excluding hydrogens is 172 g/mol. The van der Waals surface area contributed by atoms with E-state index in [1.807, 2.05) is 6.20 Å². The van der Waals surface area contributed by atoms with Gasteiger partial charge in [0.2, 0.25) is 0 Å². The highest BCUT2D eigenvalue weighted by Gasteiger charge is 2.14. The van der Waals surface area contributed by atoms with E-state index in [4.69, 9.17) is 0 Å². The first-order chi connectivity index (χ1) is 6.74. The number of rotatable bonds is 2. The van der Waals surface area contributed by atoms with E-state index < -0.39 is 0 Å². The van der Waals surface area contributed by atoms with Crippen LogP contribution in [0.2, 0.25) is 0 Å². The maximum Gasteiger partial charge on any atom is 0.0194 e. The molecule has 0 heterocycles. The molecule has 2 unspecified atom stereocenters. The zero-order valence-electron chi connectivity index (χ0n) is 9.42. The molecule has 0 amide bonds. The van der Waals surface area contributed by atoms with E-state index >= 15 is 0 Å². The van der Waals surface area contributed by atoms with Crippen LogP contribution in [0.5, 0.6) is 0 Å². The summed E-state index contributed by atoms with van der Waals surface area (Å²) in [5.41, 5.74) is 4.37. The topological polar surface area (TPSA) is 24.4 Å². The Hall–Kier alpha value is -0.790. The van der Waals surface area contributed by atoms with Gasteiger partial charge in [0.25, 0.3) is 0 Å². The lowest BCUT2D eigenvalue weighted by molar-refractivity contribution is 0.401. The Morgan fingerprint density at radius 3 is 2.86 bits per heavy atom. The number of hydrazone groups is 1. The molecule has 2 atom stereocenters. The van der Waals surface area contributed by atoms with Crippen molar-refractivity contribution < 1.29 is 0 Å². The summed E-state index contributed by atoms with van der Waals surface area (Å²) in [4.78, 5) is 0. The van der Waals surface area contributed by atoms with Crippen molar-refractivity contribution in [3.8, 4) is 0 Å². The van der Waals surface area contributed by atoms with Crippen LogP contribution in [-0.2, 0) is 0 Å². The zero-order chi connectivity index (χ0) is 10.4. The van der Waals surface area contributed by atoms with Gasteiger partial charge in [0.1, 0.15) is 0 Å². The molecule has 1 aliphatic rings. The van der Waals surface area contributed by atoms with Crippen LogP contribution in [0.1, 0.15) is 46.0 Å². The van der Waals surface area contributed by atoms with Gasteiger partial charge >= 0.3 is 0 Å². The molecule has 1 saturated carbocycles. The average molecular weight is 194 g/mol. The van der Waals surface area contributed by atoms with E-state index in [1.165, 1.54) is 37.7 Å². The first-order valence-electron chi connectivity index (χ1n) is 5.64. The van der Waals surface area contributed by atoms with Gasteiger partial charge in [0.05, 0.1) is 0 Å². The van der Waals surface area contributed by atoms with E-state index in [1.54, 1.807) is 0 Å². The van der Waals surface area contributed by atoms with Gasteiger partial charge in [0.15, 0.2) is 0 Å². The second-order valence-electron chi connectivity index (χ2n) is 4.48. The van der Waals surface area contributed by atoms with E-state index in [0.717, 1.165) is 5.92 Å². The van der Waals surface area contributed by atoms with Crippen molar-refractivity contribution in [1.29, 1.82) is 0 Å². The molecular formula is C12H22N2. The van der Waals surface area contributed by atoms with Gasteiger partial charge in [-0.25, -0.2) is 0 Å². The smallest absolute Gasteiger partial charge is 0.0194 e. The van der Waals surface area contributed by atoms with Crippen molar-refractivity contribution in [3.05, 3.63) is 11.8 Å². The van der Waals surface area contributed by atoms with E-state index in [2.05, 4.69) is 31.1 Å². The molecule has 1 aliphatic carbocycles. The van der Waals surface area contributed by atoms with Crippen LogP contribution >= 0.6 is 0 Å². The van der Waals surface area contributed by atoms with Gasteiger partial charge in [-0.1, -0.05) is 26.7 Å². The number of allylic oxidation sites excluding steroid dienone is 1. The third-order valence-corrected chi connectivity index (χ3v) is 3.23. The van der Waals surface area contributed by atoms with Gasteiger partial charge < -0.3 is 0 Å². The molecule has 2 nitrogen and oxygen atoms in total. The highest BCUT2D eigenvalue weighted by atomic mass is 15.3. The Labute approximate surface area is 87.5 Å². The van der Waals surface area contributed by atoms with Crippen LogP contribution in [0.3, 0.4) is 0 Å². The Bertz CT molecular complexity index is 208. The molecule has 0 spiro atoms. The van der Waals surface area contributed by atoms with Crippen LogP contribution < -0.4 is 5.43 Å². The van der Waals surface area contributed by atoms with Crippen LogP contribution in [0.15, 0.2) is 16.9 Å². The van der Waals surface area contributed by atoms with Crippen molar-refractivity contribution in [2.24, 2.45) is 16.9 Å². The molecule has 1 fully saturated rings. The van der Waals surface area contributed by atoms with E-state index in [-0.39, 0.29) is 0 Å². The largest absolute Gasteiger partial charge is 0.286 e. The average Bonchev–Trinajstić information content (AvgIpc) is 2.15. The summed E-state index contributed by atoms with van der Waals surface area (Å²) in [5, 5.41) is 3.66. The van der Waals surface area contributed by atoms with Crippen molar-refractivity contribution in [1.82, 2.24) is 5.43 Å². The Kier molecular flexibility index (Phi) is 4.71. The van der Waals surface area contributed by atoms with E-state index in [0.29, 0.717) is 5.92 Å². The maximum atomic E-state index is 3.66.